The fourth-order valence-electron chi connectivity index (χ4n) is 5.58. The Morgan fingerprint density at radius 3 is 2.42 bits per heavy atom. The molecule has 2 unspecified atom stereocenters. The fourth-order valence-corrected chi connectivity index (χ4v) is 5.77. The molecule has 0 aliphatic carbocycles. The molecule has 3 aromatic carbocycles. The molecule has 7 heteroatoms. The predicted octanol–water partition coefficient (Wildman–Crippen LogP) is 5.85. The van der Waals surface area contributed by atoms with Crippen LogP contribution in [0.1, 0.15) is 30.7 Å². The molecular formula is C29H30ClNO5. The van der Waals surface area contributed by atoms with Gasteiger partial charge in [0.1, 0.15) is 5.75 Å². The Hall–Kier alpha value is -3.35. The Bertz CT molecular complexity index is 1240. The summed E-state index contributed by atoms with van der Waals surface area (Å²) in [4.78, 5) is 21.7. The second-order valence-corrected chi connectivity index (χ2v) is 9.76. The van der Waals surface area contributed by atoms with Gasteiger partial charge in [0.05, 0.1) is 6.61 Å². The molecule has 2 aliphatic heterocycles. The van der Waals surface area contributed by atoms with Gasteiger partial charge in [-0.05, 0) is 61.4 Å². The second-order valence-electron chi connectivity index (χ2n) is 9.32. The molecule has 2 aliphatic rings. The zero-order valence-electron chi connectivity index (χ0n) is 20.1. The third kappa shape index (κ3) is 6.07. The molecule has 4 atom stereocenters. The second kappa shape index (κ2) is 11.6. The van der Waals surface area contributed by atoms with Gasteiger partial charge in [-0.25, -0.2) is 9.59 Å². The van der Waals surface area contributed by atoms with E-state index in [1.807, 2.05) is 6.07 Å². The van der Waals surface area contributed by atoms with Gasteiger partial charge in [0.15, 0.2) is 0 Å². The number of piperidine rings is 1. The number of benzene rings is 3. The van der Waals surface area contributed by atoms with Gasteiger partial charge < -0.3 is 19.8 Å². The maximum Gasteiger partial charge on any atom is 0.328 e. The number of halogens is 1. The van der Waals surface area contributed by atoms with E-state index >= 15 is 0 Å². The molecular weight excluding hydrogens is 478 g/mol. The van der Waals surface area contributed by atoms with Crippen molar-refractivity contribution in [3.63, 3.8) is 0 Å². The minimum Gasteiger partial charge on any atom is -0.493 e. The summed E-state index contributed by atoms with van der Waals surface area (Å²) in [6.07, 6.45) is 4.87. The molecule has 5 rings (SSSR count). The normalized spacial score (nSPS) is 23.3. The van der Waals surface area contributed by atoms with E-state index in [4.69, 9.17) is 26.6 Å². The van der Waals surface area contributed by atoms with Crippen LogP contribution in [-0.2, 0) is 9.59 Å². The number of carboxylic acids is 2. The van der Waals surface area contributed by atoms with Crippen LogP contribution >= 0.6 is 11.6 Å². The van der Waals surface area contributed by atoms with Gasteiger partial charge in [0, 0.05) is 40.6 Å². The van der Waals surface area contributed by atoms with E-state index in [1.165, 1.54) is 35.6 Å². The highest BCUT2D eigenvalue weighted by Gasteiger charge is 2.46. The summed E-state index contributed by atoms with van der Waals surface area (Å²) in [5.74, 6) is -0.547. The summed E-state index contributed by atoms with van der Waals surface area (Å²) < 4.78 is 6.48. The van der Waals surface area contributed by atoms with Crippen molar-refractivity contribution in [1.29, 1.82) is 0 Å². The lowest BCUT2D eigenvalue weighted by Crippen LogP contribution is -2.47. The van der Waals surface area contributed by atoms with E-state index in [0.29, 0.717) is 36.1 Å². The maximum absolute atomic E-state index is 9.55. The van der Waals surface area contributed by atoms with Gasteiger partial charge in [0.2, 0.25) is 0 Å². The first-order chi connectivity index (χ1) is 17.3. The third-order valence-electron chi connectivity index (χ3n) is 7.26. The quantitative estimate of drug-likeness (QED) is 0.407. The highest BCUT2D eigenvalue weighted by atomic mass is 35.5. The zero-order chi connectivity index (χ0) is 25.7. The van der Waals surface area contributed by atoms with Crippen LogP contribution in [0.2, 0.25) is 5.02 Å². The fraction of sp³-hybridized carbons (Fsp3) is 0.310. The monoisotopic (exact) mass is 507 g/mol. The van der Waals surface area contributed by atoms with Crippen molar-refractivity contribution in [1.82, 2.24) is 4.90 Å². The first-order valence-electron chi connectivity index (χ1n) is 12.1. The van der Waals surface area contributed by atoms with Crippen molar-refractivity contribution in [2.45, 2.75) is 37.3 Å². The van der Waals surface area contributed by atoms with Crippen molar-refractivity contribution in [2.75, 3.05) is 13.7 Å². The average Bonchev–Trinajstić information content (AvgIpc) is 3.10. The number of hydrogen-bond acceptors (Lipinski definition) is 4. The van der Waals surface area contributed by atoms with Gasteiger partial charge in [-0.15, -0.1) is 0 Å². The minimum absolute atomic E-state index is 0.473. The summed E-state index contributed by atoms with van der Waals surface area (Å²) in [6.45, 7) is 0.743. The molecule has 2 heterocycles. The number of carboxylic acid groups (broad SMARTS) is 2. The van der Waals surface area contributed by atoms with Crippen LogP contribution in [0.5, 0.6) is 5.75 Å². The van der Waals surface area contributed by atoms with E-state index < -0.39 is 11.9 Å². The predicted molar refractivity (Wildman–Crippen MR) is 141 cm³/mol. The topological polar surface area (TPSA) is 87.1 Å². The van der Waals surface area contributed by atoms with Gasteiger partial charge in [-0.1, -0.05) is 60.1 Å². The Balaban J connectivity index is 0.000000331. The van der Waals surface area contributed by atoms with Gasteiger partial charge in [0.25, 0.3) is 0 Å². The Labute approximate surface area is 215 Å². The summed E-state index contributed by atoms with van der Waals surface area (Å²) in [7, 11) is 2.29. The summed E-state index contributed by atoms with van der Waals surface area (Å²) in [5.41, 5.74) is 1.36. The average molecular weight is 508 g/mol. The highest BCUT2D eigenvalue weighted by Crippen LogP contribution is 2.46. The van der Waals surface area contributed by atoms with E-state index in [9.17, 15) is 9.59 Å². The molecule has 2 fully saturated rings. The third-order valence-corrected chi connectivity index (χ3v) is 7.49. The smallest absolute Gasteiger partial charge is 0.328 e. The van der Waals surface area contributed by atoms with Gasteiger partial charge in [-0.3, -0.25) is 0 Å². The van der Waals surface area contributed by atoms with Crippen LogP contribution in [0.25, 0.3) is 10.8 Å². The summed E-state index contributed by atoms with van der Waals surface area (Å²) >= 11 is 6.33. The first kappa shape index (κ1) is 25.7. The van der Waals surface area contributed by atoms with Crippen LogP contribution in [0.4, 0.5) is 0 Å². The largest absolute Gasteiger partial charge is 0.493 e. The number of nitrogens with zero attached hydrogens (tertiary/aromatic N) is 1. The summed E-state index contributed by atoms with van der Waals surface area (Å²) in [5, 5.41) is 18.9. The van der Waals surface area contributed by atoms with E-state index in [1.54, 1.807) is 0 Å². The number of aliphatic carboxylic acids is 2. The van der Waals surface area contributed by atoms with Crippen molar-refractivity contribution in [3.8, 4) is 5.75 Å². The van der Waals surface area contributed by atoms with Crippen LogP contribution in [0.15, 0.2) is 78.9 Å². The van der Waals surface area contributed by atoms with Crippen molar-refractivity contribution in [2.24, 2.45) is 5.92 Å². The first-order valence-corrected chi connectivity index (χ1v) is 12.4. The molecule has 0 amide bonds. The zero-order valence-corrected chi connectivity index (χ0v) is 20.8. The van der Waals surface area contributed by atoms with Crippen LogP contribution in [-0.4, -0.2) is 52.8 Å². The number of hydrogen-bond donors (Lipinski definition) is 2. The number of rotatable bonds is 6. The van der Waals surface area contributed by atoms with E-state index in [2.05, 4.69) is 72.6 Å². The number of carbonyl (C=O) groups is 2. The van der Waals surface area contributed by atoms with E-state index in [0.717, 1.165) is 17.4 Å². The molecule has 0 aromatic heterocycles. The van der Waals surface area contributed by atoms with Gasteiger partial charge in [-0.2, -0.15) is 0 Å². The Morgan fingerprint density at radius 2 is 1.69 bits per heavy atom. The molecule has 2 saturated heterocycles. The van der Waals surface area contributed by atoms with Gasteiger partial charge >= 0.3 is 11.9 Å². The lowest BCUT2D eigenvalue weighted by atomic mass is 9.76. The molecule has 6 nitrogen and oxygen atoms in total. The number of ether oxygens (including phenoxy) is 1. The van der Waals surface area contributed by atoms with Crippen molar-refractivity contribution >= 4 is 34.3 Å². The molecule has 0 saturated carbocycles. The molecule has 2 N–H and O–H groups in total. The molecule has 188 valence electrons. The standard InChI is InChI=1S/C25H26ClNO.C4H4O4/c1-27-20-12-13-24(27)23(22(15-20)18-8-4-9-19(26)14-18)16-28-25-11-5-7-17-6-2-3-10-21(17)25;5-3(6)1-2-4(7)8/h2-11,14,20,22-24H,12-13,15-16H2,1H3;1-2H,(H,5,6)(H,7,8)/b;2-1+/t20?,22-,23-,24?;/m1./s1. The van der Waals surface area contributed by atoms with Crippen LogP contribution < -0.4 is 4.74 Å². The molecule has 0 radical (unpaired) electrons. The molecule has 2 bridgehead atoms. The van der Waals surface area contributed by atoms with E-state index in [-0.39, 0.29) is 0 Å². The van der Waals surface area contributed by atoms with Crippen LogP contribution in [0, 0.1) is 5.92 Å². The molecule has 0 spiro atoms. The lowest BCUT2D eigenvalue weighted by Gasteiger charge is -2.43. The SMILES string of the molecule is CN1C2CCC1[C@H](COc1cccc3ccccc13)[C@@H](c1cccc(Cl)c1)C2.O=C(O)/C=C/C(=O)O. The Kier molecular flexibility index (Phi) is 8.28. The molecule has 3 aromatic rings. The minimum atomic E-state index is -1.26. The highest BCUT2D eigenvalue weighted by molar-refractivity contribution is 6.30. The Morgan fingerprint density at radius 1 is 1.00 bits per heavy atom. The molecule has 36 heavy (non-hydrogen) atoms. The lowest BCUT2D eigenvalue weighted by molar-refractivity contribution is -0.134. The van der Waals surface area contributed by atoms with Crippen LogP contribution in [0.3, 0.4) is 0 Å². The number of fused-ring (bicyclic) bond motifs is 3. The maximum atomic E-state index is 9.55. The van der Waals surface area contributed by atoms with Crippen molar-refractivity contribution in [3.05, 3.63) is 89.5 Å². The summed E-state index contributed by atoms with van der Waals surface area (Å²) in [6, 6.07) is 24.5. The van der Waals surface area contributed by atoms with Crippen molar-refractivity contribution < 1.29 is 24.5 Å².